The van der Waals surface area contributed by atoms with Crippen LogP contribution in [0.3, 0.4) is 0 Å². The highest BCUT2D eigenvalue weighted by atomic mass is 35.5. The summed E-state index contributed by atoms with van der Waals surface area (Å²) >= 11 is 6.99. The van der Waals surface area contributed by atoms with Gasteiger partial charge in [-0.25, -0.2) is 0 Å². The monoisotopic (exact) mass is 380 g/mol. The van der Waals surface area contributed by atoms with Crippen molar-refractivity contribution in [2.45, 2.75) is 19.3 Å². The molecule has 0 saturated carbocycles. The number of nitrogens with two attached hydrogens (primary N) is 1. The fourth-order valence-electron chi connectivity index (χ4n) is 1.94. The van der Waals surface area contributed by atoms with E-state index in [2.05, 4.69) is 5.32 Å². The zero-order valence-corrected chi connectivity index (χ0v) is 14.9. The zero-order chi connectivity index (χ0) is 18.2. The molecule has 1 aromatic carbocycles. The smallest absolute Gasteiger partial charge is 0.224 e. The predicted molar refractivity (Wildman–Crippen MR) is 97.3 cm³/mol. The second kappa shape index (κ2) is 9.19. The first kappa shape index (κ1) is 19.0. The minimum atomic E-state index is -0.428. The Morgan fingerprint density at radius 1 is 1.04 bits per heavy atom. The summed E-state index contributed by atoms with van der Waals surface area (Å²) in [5.74, 6) is -0.212. The van der Waals surface area contributed by atoms with Crippen molar-refractivity contribution in [3.63, 3.8) is 0 Å². The molecule has 0 radical (unpaired) electrons. The summed E-state index contributed by atoms with van der Waals surface area (Å²) < 4.78 is 5.89. The summed E-state index contributed by atoms with van der Waals surface area (Å²) in [6.45, 7) is 0.204. The molecule has 0 atom stereocenters. The maximum Gasteiger partial charge on any atom is 0.224 e. The number of primary amides is 1. The van der Waals surface area contributed by atoms with E-state index in [-0.39, 0.29) is 37.6 Å². The topological polar surface area (TPSA) is 98.5 Å². The molecule has 2 rings (SSSR count). The van der Waals surface area contributed by atoms with Crippen LogP contribution in [0.2, 0.25) is 4.34 Å². The number of nitrogens with one attached hydrogen (secondary N) is 1. The predicted octanol–water partition coefficient (Wildman–Crippen LogP) is 3.26. The van der Waals surface area contributed by atoms with Gasteiger partial charge in [-0.3, -0.25) is 14.4 Å². The number of ketones is 1. The molecule has 0 aliphatic rings. The Kier molecular flexibility index (Phi) is 6.97. The highest BCUT2D eigenvalue weighted by molar-refractivity contribution is 7.18. The maximum absolute atomic E-state index is 11.9. The van der Waals surface area contributed by atoms with Gasteiger partial charge in [0.25, 0.3) is 0 Å². The van der Waals surface area contributed by atoms with Crippen molar-refractivity contribution in [1.82, 2.24) is 0 Å². The molecule has 0 saturated heterocycles. The second-order valence-electron chi connectivity index (χ2n) is 5.16. The lowest BCUT2D eigenvalue weighted by atomic mass is 10.2. The van der Waals surface area contributed by atoms with Crippen LogP contribution in [-0.4, -0.2) is 24.2 Å². The van der Waals surface area contributed by atoms with Crippen LogP contribution in [-0.2, 0) is 9.59 Å². The quantitative estimate of drug-likeness (QED) is 0.652. The number of rotatable bonds is 9. The van der Waals surface area contributed by atoms with Gasteiger partial charge in [-0.05, 0) is 36.4 Å². The Balaban J connectivity index is 1.76. The first-order chi connectivity index (χ1) is 11.9. The molecule has 0 bridgehead atoms. The van der Waals surface area contributed by atoms with E-state index in [9.17, 15) is 14.4 Å². The number of ether oxygens (including phenoxy) is 1. The van der Waals surface area contributed by atoms with E-state index in [0.29, 0.717) is 20.7 Å². The Labute approximate surface area is 153 Å². The molecule has 1 heterocycles. The molecule has 2 amide bonds. The van der Waals surface area contributed by atoms with Gasteiger partial charge in [0.05, 0.1) is 22.2 Å². The van der Waals surface area contributed by atoms with Gasteiger partial charge in [0.2, 0.25) is 11.8 Å². The second-order valence-corrected chi connectivity index (χ2v) is 6.88. The lowest BCUT2D eigenvalue weighted by molar-refractivity contribution is -0.118. The minimum Gasteiger partial charge on any atom is -0.493 e. The van der Waals surface area contributed by atoms with Crippen LogP contribution < -0.4 is 15.8 Å². The van der Waals surface area contributed by atoms with E-state index in [1.54, 1.807) is 36.4 Å². The van der Waals surface area contributed by atoms with Crippen LogP contribution in [0.1, 0.15) is 28.9 Å². The van der Waals surface area contributed by atoms with Crippen LogP contribution >= 0.6 is 22.9 Å². The molecule has 8 heteroatoms. The molecule has 2 aromatic rings. The van der Waals surface area contributed by atoms with Crippen molar-refractivity contribution in [3.8, 4) is 5.75 Å². The third-order valence-electron chi connectivity index (χ3n) is 3.18. The van der Waals surface area contributed by atoms with Gasteiger partial charge in [0, 0.05) is 18.5 Å². The molecule has 3 N–H and O–H groups in total. The van der Waals surface area contributed by atoms with Crippen molar-refractivity contribution in [2.24, 2.45) is 5.73 Å². The van der Waals surface area contributed by atoms with Crippen molar-refractivity contribution in [2.75, 3.05) is 11.9 Å². The van der Waals surface area contributed by atoms with Gasteiger partial charge in [-0.2, -0.15) is 0 Å². The lowest BCUT2D eigenvalue weighted by Crippen LogP contribution is -2.14. The Morgan fingerprint density at radius 2 is 1.76 bits per heavy atom. The van der Waals surface area contributed by atoms with Crippen LogP contribution in [0.25, 0.3) is 0 Å². The number of carbonyl (C=O) groups excluding carboxylic acids is 3. The Morgan fingerprint density at radius 3 is 2.36 bits per heavy atom. The number of hydrogen-bond acceptors (Lipinski definition) is 5. The van der Waals surface area contributed by atoms with Crippen molar-refractivity contribution < 1.29 is 19.1 Å². The fraction of sp³-hybridized carbons (Fsp3) is 0.235. The number of halogens is 1. The molecular formula is C17H17ClN2O4S. The van der Waals surface area contributed by atoms with Crippen molar-refractivity contribution in [3.05, 3.63) is 45.6 Å². The lowest BCUT2D eigenvalue weighted by Gasteiger charge is -2.07. The normalized spacial score (nSPS) is 10.3. The summed E-state index contributed by atoms with van der Waals surface area (Å²) in [5, 5.41) is 2.71. The molecule has 0 unspecified atom stereocenters. The number of anilines is 1. The molecule has 25 heavy (non-hydrogen) atoms. The van der Waals surface area contributed by atoms with E-state index in [1.807, 2.05) is 0 Å². The highest BCUT2D eigenvalue weighted by Gasteiger charge is 2.11. The van der Waals surface area contributed by atoms with E-state index < -0.39 is 5.91 Å². The maximum atomic E-state index is 11.9. The average molecular weight is 381 g/mol. The Hall–Kier alpha value is -2.38. The van der Waals surface area contributed by atoms with Gasteiger partial charge in [0.15, 0.2) is 5.78 Å². The molecule has 0 spiro atoms. The van der Waals surface area contributed by atoms with Crippen molar-refractivity contribution >= 4 is 46.2 Å². The molecule has 0 aliphatic carbocycles. The number of thiophene rings is 1. The minimum absolute atomic E-state index is 0.0885. The highest BCUT2D eigenvalue weighted by Crippen LogP contribution is 2.23. The summed E-state index contributed by atoms with van der Waals surface area (Å²) in [6, 6.07) is 10.0. The van der Waals surface area contributed by atoms with E-state index in [0.717, 1.165) is 0 Å². The molecular weight excluding hydrogens is 364 g/mol. The zero-order valence-electron chi connectivity index (χ0n) is 13.3. The van der Waals surface area contributed by atoms with Gasteiger partial charge in [-0.15, -0.1) is 11.3 Å². The van der Waals surface area contributed by atoms with Crippen LogP contribution in [0, 0.1) is 0 Å². The van der Waals surface area contributed by atoms with Crippen molar-refractivity contribution in [1.29, 1.82) is 0 Å². The molecule has 1 aromatic heterocycles. The van der Waals surface area contributed by atoms with Gasteiger partial charge in [-0.1, -0.05) is 11.6 Å². The number of carbonyl (C=O) groups is 3. The fourth-order valence-corrected chi connectivity index (χ4v) is 2.95. The van der Waals surface area contributed by atoms with Gasteiger partial charge in [0.1, 0.15) is 5.75 Å². The van der Waals surface area contributed by atoms with Crippen LogP contribution in [0.15, 0.2) is 36.4 Å². The summed E-state index contributed by atoms with van der Waals surface area (Å²) in [4.78, 5) is 35.0. The first-order valence-electron chi connectivity index (χ1n) is 7.53. The third-order valence-corrected chi connectivity index (χ3v) is 4.45. The summed E-state index contributed by atoms with van der Waals surface area (Å²) in [6.07, 6.45) is 0.351. The van der Waals surface area contributed by atoms with Crippen LogP contribution in [0.5, 0.6) is 5.75 Å². The van der Waals surface area contributed by atoms with Crippen LogP contribution in [0.4, 0.5) is 5.69 Å². The molecule has 6 nitrogen and oxygen atoms in total. The SMILES string of the molecule is NC(=O)CCOc1ccc(NC(=O)CCC(=O)c2ccc(Cl)s2)cc1. The Bertz CT molecular complexity index is 758. The van der Waals surface area contributed by atoms with Gasteiger partial charge < -0.3 is 15.8 Å². The van der Waals surface area contributed by atoms with E-state index >= 15 is 0 Å². The largest absolute Gasteiger partial charge is 0.493 e. The standard InChI is InChI=1S/C17H17ClN2O4S/c18-15-7-6-14(25-15)13(21)5-8-17(23)20-11-1-3-12(4-2-11)24-10-9-16(19)22/h1-4,6-7H,5,8-10H2,(H2,19,22)(H,20,23). The number of benzene rings is 1. The number of hydrogen-bond donors (Lipinski definition) is 2. The number of Topliss-reactive ketones (excluding diaryl/α,β-unsaturated/α-hetero) is 1. The molecule has 0 aliphatic heterocycles. The number of amides is 2. The summed E-state index contributed by atoms with van der Waals surface area (Å²) in [5.41, 5.74) is 5.62. The molecule has 0 fully saturated rings. The third kappa shape index (κ3) is 6.56. The van der Waals surface area contributed by atoms with Gasteiger partial charge >= 0.3 is 0 Å². The van der Waals surface area contributed by atoms with E-state index in [4.69, 9.17) is 22.1 Å². The average Bonchev–Trinajstić information content (AvgIpc) is 3.00. The van der Waals surface area contributed by atoms with E-state index in [1.165, 1.54) is 11.3 Å². The molecule has 132 valence electrons. The first-order valence-corrected chi connectivity index (χ1v) is 8.73. The summed E-state index contributed by atoms with van der Waals surface area (Å²) in [7, 11) is 0.